The van der Waals surface area contributed by atoms with Crippen LogP contribution in [0.25, 0.3) is 5.57 Å². The number of guanidine groups is 1. The average Bonchev–Trinajstić information content (AvgIpc) is 3.07. The molecule has 5 heteroatoms. The van der Waals surface area contributed by atoms with Crippen molar-refractivity contribution in [2.24, 2.45) is 9.98 Å². The zero-order valence-corrected chi connectivity index (χ0v) is 15.1. The zero-order valence-electron chi connectivity index (χ0n) is 14.4. The lowest BCUT2D eigenvalue weighted by Crippen LogP contribution is -2.18. The molecule has 1 heterocycles. The van der Waals surface area contributed by atoms with Crippen molar-refractivity contribution in [3.05, 3.63) is 69.9 Å². The highest BCUT2D eigenvalue weighted by molar-refractivity contribution is 6.33. The predicted molar refractivity (Wildman–Crippen MR) is 103 cm³/mol. The van der Waals surface area contributed by atoms with Gasteiger partial charge >= 0.3 is 0 Å². The minimum Gasteiger partial charge on any atom is -0.497 e. The number of aliphatic imine (C=N–C) groups is 2. The highest BCUT2D eigenvalue weighted by Gasteiger charge is 2.30. The number of hydrogen-bond donors (Lipinski definition) is 0. The second-order valence-corrected chi connectivity index (χ2v) is 6.68. The fraction of sp³-hybridized carbons (Fsp3) is 0.200. The number of allylic oxidation sites excluding steroid dienone is 2. The third kappa shape index (κ3) is 2.63. The van der Waals surface area contributed by atoms with E-state index >= 15 is 0 Å². The Hall–Kier alpha value is -2.59. The van der Waals surface area contributed by atoms with E-state index in [1.807, 2.05) is 43.3 Å². The van der Waals surface area contributed by atoms with Crippen molar-refractivity contribution in [2.75, 3.05) is 21.2 Å². The molecule has 0 N–H and O–H groups in total. The second-order valence-electron chi connectivity index (χ2n) is 6.27. The molecule has 0 spiro atoms. The monoisotopic (exact) mass is 351 g/mol. The van der Waals surface area contributed by atoms with E-state index in [2.05, 4.69) is 18.2 Å². The van der Waals surface area contributed by atoms with E-state index in [0.29, 0.717) is 11.0 Å². The summed E-state index contributed by atoms with van der Waals surface area (Å²) in [5.41, 5.74) is 6.29. The molecule has 0 radical (unpaired) electrons. The lowest BCUT2D eigenvalue weighted by molar-refractivity contribution is 0.415. The Morgan fingerprint density at radius 2 is 1.84 bits per heavy atom. The highest BCUT2D eigenvalue weighted by Crippen LogP contribution is 2.39. The van der Waals surface area contributed by atoms with Crippen LogP contribution >= 0.6 is 11.6 Å². The van der Waals surface area contributed by atoms with Crippen LogP contribution in [-0.2, 0) is 6.42 Å². The summed E-state index contributed by atoms with van der Waals surface area (Å²) in [7, 11) is 5.54. The summed E-state index contributed by atoms with van der Waals surface area (Å²) in [5.74, 6) is 1.46. The molecule has 0 bridgehead atoms. The van der Waals surface area contributed by atoms with Crippen molar-refractivity contribution in [3.8, 4) is 5.75 Å². The number of benzene rings is 2. The number of halogens is 1. The molecule has 25 heavy (non-hydrogen) atoms. The molecule has 0 atom stereocenters. The first-order chi connectivity index (χ1) is 12.1. The minimum atomic E-state index is 0.661. The van der Waals surface area contributed by atoms with Crippen LogP contribution in [0.5, 0.6) is 5.75 Å². The molecule has 4 nitrogen and oxygen atoms in total. The third-order valence-corrected chi connectivity index (χ3v) is 4.79. The number of ether oxygens (including phenoxy) is 1. The summed E-state index contributed by atoms with van der Waals surface area (Å²) in [6.45, 7) is 0. The Labute approximate surface area is 152 Å². The summed E-state index contributed by atoms with van der Waals surface area (Å²) in [5, 5.41) is 0.661. The van der Waals surface area contributed by atoms with E-state index in [9.17, 15) is 0 Å². The molecule has 1 aliphatic heterocycles. The topological polar surface area (TPSA) is 37.2 Å². The Balaban J connectivity index is 1.93. The van der Waals surface area contributed by atoms with Crippen LogP contribution in [0.1, 0.15) is 16.7 Å². The number of nitrogens with zero attached hydrogens (tertiary/aromatic N) is 3. The van der Waals surface area contributed by atoms with Crippen LogP contribution in [-0.4, -0.2) is 37.8 Å². The van der Waals surface area contributed by atoms with Crippen molar-refractivity contribution in [2.45, 2.75) is 6.42 Å². The molecule has 0 aromatic heterocycles. The quantitative estimate of drug-likeness (QED) is 0.819. The number of fused-ring (bicyclic) bond motifs is 3. The molecule has 4 rings (SSSR count). The predicted octanol–water partition coefficient (Wildman–Crippen LogP) is 4.04. The number of methoxy groups -OCH3 is 1. The summed E-state index contributed by atoms with van der Waals surface area (Å²) < 4.78 is 5.27. The van der Waals surface area contributed by atoms with Gasteiger partial charge in [-0.15, -0.1) is 0 Å². The molecule has 2 aromatic rings. The third-order valence-electron chi connectivity index (χ3n) is 4.47. The lowest BCUT2D eigenvalue weighted by Gasteiger charge is -2.21. The fourth-order valence-electron chi connectivity index (χ4n) is 3.20. The maximum atomic E-state index is 6.54. The van der Waals surface area contributed by atoms with Crippen molar-refractivity contribution < 1.29 is 4.74 Å². The Morgan fingerprint density at radius 3 is 2.56 bits per heavy atom. The second kappa shape index (κ2) is 6.05. The van der Waals surface area contributed by atoms with Crippen molar-refractivity contribution in [3.63, 3.8) is 0 Å². The van der Waals surface area contributed by atoms with Gasteiger partial charge in [0.25, 0.3) is 0 Å². The molecule has 0 amide bonds. The van der Waals surface area contributed by atoms with Gasteiger partial charge in [-0.3, -0.25) is 0 Å². The number of rotatable bonds is 2. The lowest BCUT2D eigenvalue weighted by atomic mass is 9.85. The summed E-state index contributed by atoms with van der Waals surface area (Å²) in [6, 6.07) is 14.1. The first-order valence-electron chi connectivity index (χ1n) is 8.09. The van der Waals surface area contributed by atoms with Crippen LogP contribution in [0.3, 0.4) is 0 Å². The van der Waals surface area contributed by atoms with Gasteiger partial charge in [-0.25, -0.2) is 9.98 Å². The van der Waals surface area contributed by atoms with Gasteiger partial charge in [-0.1, -0.05) is 35.9 Å². The molecular weight excluding hydrogens is 334 g/mol. The largest absolute Gasteiger partial charge is 0.497 e. The molecule has 0 fully saturated rings. The Kier molecular flexibility index (Phi) is 3.85. The van der Waals surface area contributed by atoms with E-state index in [-0.39, 0.29) is 0 Å². The Bertz CT molecular complexity index is 957. The van der Waals surface area contributed by atoms with Crippen molar-refractivity contribution in [1.82, 2.24) is 4.90 Å². The van der Waals surface area contributed by atoms with Gasteiger partial charge in [-0.2, -0.15) is 0 Å². The molecule has 0 saturated heterocycles. The molecule has 2 aromatic carbocycles. The molecule has 126 valence electrons. The van der Waals surface area contributed by atoms with Gasteiger partial charge in [0.15, 0.2) is 0 Å². The van der Waals surface area contributed by atoms with Crippen molar-refractivity contribution >= 4 is 28.8 Å². The standard InChI is InChI=1S/C20H18ClN3O/c1-24(2)20-22-18-14-7-5-4-6-12(14)10-16(19(18)23-20)15-9-8-13(25-3)11-17(15)21/h4-9,11H,10H2,1-3H3. The zero-order chi connectivity index (χ0) is 17.6. The van der Waals surface area contributed by atoms with E-state index < -0.39 is 0 Å². The van der Waals surface area contributed by atoms with Crippen LogP contribution < -0.4 is 4.74 Å². The van der Waals surface area contributed by atoms with E-state index in [4.69, 9.17) is 26.3 Å². The maximum Gasteiger partial charge on any atom is 0.226 e. The van der Waals surface area contributed by atoms with E-state index in [1.54, 1.807) is 7.11 Å². The number of hydrogen-bond acceptors (Lipinski definition) is 4. The van der Waals surface area contributed by atoms with Crippen LogP contribution in [0.15, 0.2) is 58.1 Å². The van der Waals surface area contributed by atoms with E-state index in [1.165, 1.54) is 5.56 Å². The van der Waals surface area contributed by atoms with Crippen LogP contribution in [0.4, 0.5) is 0 Å². The van der Waals surface area contributed by atoms with Crippen LogP contribution in [0, 0.1) is 0 Å². The van der Waals surface area contributed by atoms with Gasteiger partial charge in [0.1, 0.15) is 11.5 Å². The van der Waals surface area contributed by atoms with Gasteiger partial charge in [0.05, 0.1) is 17.8 Å². The summed E-state index contributed by atoms with van der Waals surface area (Å²) in [4.78, 5) is 11.5. The van der Waals surface area contributed by atoms with E-state index in [0.717, 1.165) is 40.3 Å². The summed E-state index contributed by atoms with van der Waals surface area (Å²) >= 11 is 6.54. The summed E-state index contributed by atoms with van der Waals surface area (Å²) in [6.07, 6.45) is 0.779. The van der Waals surface area contributed by atoms with Crippen LogP contribution in [0.2, 0.25) is 5.02 Å². The van der Waals surface area contributed by atoms with Gasteiger partial charge < -0.3 is 9.64 Å². The van der Waals surface area contributed by atoms with Gasteiger partial charge in [0, 0.05) is 26.1 Å². The van der Waals surface area contributed by atoms with Gasteiger partial charge in [0.2, 0.25) is 5.96 Å². The molecule has 2 aliphatic rings. The molecule has 0 saturated carbocycles. The fourth-order valence-corrected chi connectivity index (χ4v) is 3.48. The minimum absolute atomic E-state index is 0.661. The molecule has 0 unspecified atom stereocenters. The smallest absolute Gasteiger partial charge is 0.226 e. The molecular formula is C20H18ClN3O. The normalized spacial score (nSPS) is 15.4. The average molecular weight is 352 g/mol. The first kappa shape index (κ1) is 15.9. The highest BCUT2D eigenvalue weighted by atomic mass is 35.5. The SMILES string of the molecule is COc1ccc(C2=C3N=C(N(C)C)N=C3c3ccccc3C2)c(Cl)c1. The maximum absolute atomic E-state index is 6.54. The van der Waals surface area contributed by atoms with Crippen molar-refractivity contribution in [1.29, 1.82) is 0 Å². The first-order valence-corrected chi connectivity index (χ1v) is 8.46. The molecule has 1 aliphatic carbocycles. The van der Waals surface area contributed by atoms with Gasteiger partial charge in [-0.05, 0) is 34.9 Å². The Morgan fingerprint density at radius 1 is 1.04 bits per heavy atom.